The van der Waals surface area contributed by atoms with Crippen LogP contribution in [0.5, 0.6) is 0 Å². The summed E-state index contributed by atoms with van der Waals surface area (Å²) in [6.45, 7) is 3.41. The molecule has 10 heteroatoms. The summed E-state index contributed by atoms with van der Waals surface area (Å²) in [5, 5.41) is 28.1. The maximum absolute atomic E-state index is 11.3. The van der Waals surface area contributed by atoms with Gasteiger partial charge in [0, 0.05) is 29.3 Å². The second-order valence-corrected chi connectivity index (χ2v) is 6.54. The van der Waals surface area contributed by atoms with Crippen molar-refractivity contribution in [3.05, 3.63) is 70.4 Å². The number of aliphatic carboxylic acids is 2. The van der Waals surface area contributed by atoms with E-state index in [9.17, 15) is 19.9 Å². The van der Waals surface area contributed by atoms with E-state index in [2.05, 4.69) is 15.0 Å². The van der Waals surface area contributed by atoms with Gasteiger partial charge in [0.25, 0.3) is 0 Å². The van der Waals surface area contributed by atoms with Gasteiger partial charge in [0.15, 0.2) is 5.70 Å². The second kappa shape index (κ2) is 9.76. The number of halogens is 1. The molecule has 0 aliphatic rings. The lowest BCUT2D eigenvalue weighted by Gasteiger charge is -2.26. The summed E-state index contributed by atoms with van der Waals surface area (Å²) < 4.78 is 0. The van der Waals surface area contributed by atoms with Crippen molar-refractivity contribution in [1.82, 2.24) is 15.4 Å². The molecular weight excluding hydrogens is 400 g/mol. The van der Waals surface area contributed by atoms with Crippen LogP contribution in [0, 0.1) is 12.8 Å². The van der Waals surface area contributed by atoms with Crippen molar-refractivity contribution in [3.63, 3.8) is 0 Å². The summed E-state index contributed by atoms with van der Waals surface area (Å²) in [6, 6.07) is 7.02. The van der Waals surface area contributed by atoms with Gasteiger partial charge in [-0.1, -0.05) is 36.7 Å². The highest BCUT2D eigenvalue weighted by Crippen LogP contribution is 2.36. The zero-order chi connectivity index (χ0) is 21.6. The number of carboxylic acid groups (broad SMARTS) is 2. The average Bonchev–Trinajstić information content (AvgIpc) is 2.67. The van der Waals surface area contributed by atoms with Crippen LogP contribution >= 0.6 is 11.6 Å². The lowest BCUT2D eigenvalue weighted by Crippen LogP contribution is -2.32. The number of nitrogens with one attached hydrogen (secondary N) is 1. The topological polar surface area (TPSA) is 145 Å². The lowest BCUT2D eigenvalue weighted by atomic mass is 9.82. The van der Waals surface area contributed by atoms with Gasteiger partial charge in [-0.2, -0.15) is 0 Å². The second-order valence-electron chi connectivity index (χ2n) is 6.13. The maximum Gasteiger partial charge on any atom is 0.354 e. The molecule has 0 spiro atoms. The minimum absolute atomic E-state index is 0.162. The van der Waals surface area contributed by atoms with Gasteiger partial charge >= 0.3 is 11.9 Å². The molecule has 0 fully saturated rings. The molecule has 1 aromatic heterocycles. The zero-order valence-electron chi connectivity index (χ0n) is 15.6. The highest BCUT2D eigenvalue weighted by Gasteiger charge is 2.29. The monoisotopic (exact) mass is 418 g/mol. The van der Waals surface area contributed by atoms with Crippen LogP contribution < -0.4 is 5.48 Å². The van der Waals surface area contributed by atoms with Crippen LogP contribution in [0.15, 0.2) is 53.4 Å². The van der Waals surface area contributed by atoms with Crippen molar-refractivity contribution in [2.24, 2.45) is 10.9 Å². The molecule has 4 N–H and O–H groups in total. The fourth-order valence-electron chi connectivity index (χ4n) is 2.80. The first-order valence-electron chi connectivity index (χ1n) is 8.44. The van der Waals surface area contributed by atoms with Gasteiger partial charge in [0.1, 0.15) is 11.7 Å². The Morgan fingerprint density at radius 3 is 2.34 bits per heavy atom. The largest absolute Gasteiger partial charge is 0.478 e. The Kier molecular flexibility index (Phi) is 7.40. The van der Waals surface area contributed by atoms with Crippen LogP contribution in [-0.4, -0.2) is 43.2 Å². The van der Waals surface area contributed by atoms with Gasteiger partial charge in [-0.3, -0.25) is 10.7 Å². The van der Waals surface area contributed by atoms with Crippen molar-refractivity contribution >= 4 is 29.4 Å². The molecule has 1 aromatic carbocycles. The molecular formula is C19H19ClN4O5. The van der Waals surface area contributed by atoms with E-state index in [1.807, 2.05) is 5.48 Å². The molecule has 0 aliphatic heterocycles. The van der Waals surface area contributed by atoms with Crippen molar-refractivity contribution in [2.45, 2.75) is 19.8 Å². The molecule has 152 valence electrons. The Hall–Kier alpha value is -3.30. The Morgan fingerprint density at radius 2 is 1.83 bits per heavy atom. The van der Waals surface area contributed by atoms with E-state index in [1.165, 1.54) is 0 Å². The third kappa shape index (κ3) is 5.59. The van der Waals surface area contributed by atoms with Crippen LogP contribution in [0.2, 0.25) is 5.02 Å². The molecule has 0 bridgehead atoms. The van der Waals surface area contributed by atoms with E-state index in [0.717, 1.165) is 0 Å². The smallest absolute Gasteiger partial charge is 0.354 e. The molecule has 1 heterocycles. The molecule has 2 aromatic rings. The van der Waals surface area contributed by atoms with E-state index in [4.69, 9.17) is 16.7 Å². The van der Waals surface area contributed by atoms with Gasteiger partial charge in [-0.25, -0.2) is 24.5 Å². The summed E-state index contributed by atoms with van der Waals surface area (Å²) >= 11 is 6.37. The van der Waals surface area contributed by atoms with Crippen LogP contribution in [-0.2, 0) is 9.59 Å². The van der Waals surface area contributed by atoms with E-state index < -0.39 is 29.5 Å². The maximum atomic E-state index is 11.3. The summed E-state index contributed by atoms with van der Waals surface area (Å²) in [6.07, 6.45) is 3.64. The first-order chi connectivity index (χ1) is 13.7. The van der Waals surface area contributed by atoms with Crippen molar-refractivity contribution in [2.75, 3.05) is 0 Å². The molecule has 0 saturated heterocycles. The molecule has 2 unspecified atom stereocenters. The first-order valence-corrected chi connectivity index (χ1v) is 8.82. The standard InChI is InChI=1S/C19H19ClN4O5/c1-10(18(24-29)23-15(19(27)28)7-16(25)26)17(12-8-21-11(2)22-9-12)13-5-3-4-6-14(13)20/h3-10,17,29H,1-2H3,(H,23,24)(H,25,26)(H,27,28)/b15-7+. The van der Waals surface area contributed by atoms with Crippen LogP contribution in [0.4, 0.5) is 0 Å². The minimum Gasteiger partial charge on any atom is -0.478 e. The minimum atomic E-state index is -1.56. The summed E-state index contributed by atoms with van der Waals surface area (Å²) in [5.41, 5.74) is 2.46. The van der Waals surface area contributed by atoms with E-state index in [0.29, 0.717) is 28.0 Å². The van der Waals surface area contributed by atoms with Gasteiger partial charge in [0.2, 0.25) is 0 Å². The molecule has 29 heavy (non-hydrogen) atoms. The number of carbonyl (C=O) groups is 2. The fourth-order valence-corrected chi connectivity index (χ4v) is 3.06. The van der Waals surface area contributed by atoms with Crippen LogP contribution in [0.1, 0.15) is 29.8 Å². The Labute approximate surface area is 171 Å². The SMILES string of the molecule is Cc1ncc(C(c2ccccc2Cl)C(C)C(=N/C(=C/C(=O)O)C(=O)O)NO)cn1. The predicted molar refractivity (Wildman–Crippen MR) is 105 cm³/mol. The molecule has 0 aliphatic carbocycles. The lowest BCUT2D eigenvalue weighted by molar-refractivity contribution is -0.135. The number of benzene rings is 1. The molecule has 0 radical (unpaired) electrons. The van der Waals surface area contributed by atoms with Crippen molar-refractivity contribution in [3.8, 4) is 0 Å². The van der Waals surface area contributed by atoms with Gasteiger partial charge in [-0.15, -0.1) is 0 Å². The molecule has 2 atom stereocenters. The zero-order valence-corrected chi connectivity index (χ0v) is 16.3. The van der Waals surface area contributed by atoms with Gasteiger partial charge in [-0.05, 0) is 24.1 Å². The number of nitrogens with zero attached hydrogens (tertiary/aromatic N) is 3. The van der Waals surface area contributed by atoms with E-state index >= 15 is 0 Å². The van der Waals surface area contributed by atoms with Gasteiger partial charge in [0.05, 0.1) is 6.08 Å². The summed E-state index contributed by atoms with van der Waals surface area (Å²) in [4.78, 5) is 34.4. The Bertz CT molecular complexity index is 959. The molecule has 0 saturated carbocycles. The fraction of sp³-hybridized carbons (Fsp3) is 0.211. The van der Waals surface area contributed by atoms with Crippen LogP contribution in [0.25, 0.3) is 0 Å². The normalized spacial score (nSPS) is 14.2. The highest BCUT2D eigenvalue weighted by atomic mass is 35.5. The number of aliphatic imine (C=N–C) groups is 1. The number of rotatable bonds is 7. The Balaban J connectivity index is 2.61. The number of aryl methyl sites for hydroxylation is 1. The van der Waals surface area contributed by atoms with Crippen molar-refractivity contribution < 1.29 is 25.0 Å². The van der Waals surface area contributed by atoms with E-state index in [1.54, 1.807) is 50.5 Å². The van der Waals surface area contributed by atoms with Crippen molar-refractivity contribution in [1.29, 1.82) is 0 Å². The molecule has 9 nitrogen and oxygen atoms in total. The summed E-state index contributed by atoms with van der Waals surface area (Å²) in [7, 11) is 0. The average molecular weight is 419 g/mol. The van der Waals surface area contributed by atoms with Gasteiger partial charge < -0.3 is 10.2 Å². The predicted octanol–water partition coefficient (Wildman–Crippen LogP) is 2.64. The number of hydroxylamine groups is 1. The first kappa shape index (κ1) is 22.0. The molecule has 0 amide bonds. The third-order valence-electron chi connectivity index (χ3n) is 4.17. The summed E-state index contributed by atoms with van der Waals surface area (Å²) in [5.74, 6) is -3.80. The molecule has 2 rings (SSSR count). The quantitative estimate of drug-likeness (QED) is 0.232. The highest BCUT2D eigenvalue weighted by molar-refractivity contribution is 6.31. The number of amidine groups is 1. The third-order valence-corrected chi connectivity index (χ3v) is 4.51. The number of hydrogen-bond donors (Lipinski definition) is 4. The Morgan fingerprint density at radius 1 is 1.21 bits per heavy atom. The number of hydrogen-bond acceptors (Lipinski definition) is 6. The van der Waals surface area contributed by atoms with Crippen LogP contribution in [0.3, 0.4) is 0 Å². The van der Waals surface area contributed by atoms with E-state index in [-0.39, 0.29) is 5.84 Å². The number of aromatic nitrogens is 2. The number of carboxylic acids is 2.